The number of aromatic nitrogens is 1. The van der Waals surface area contributed by atoms with Gasteiger partial charge in [0.05, 0.1) is 18.4 Å². The van der Waals surface area contributed by atoms with Gasteiger partial charge < -0.3 is 14.7 Å². The molecule has 1 fully saturated rings. The van der Waals surface area contributed by atoms with E-state index in [9.17, 15) is 9.59 Å². The molecule has 1 N–H and O–H groups in total. The molecule has 1 aliphatic carbocycles. The van der Waals surface area contributed by atoms with E-state index in [0.717, 1.165) is 12.8 Å². The van der Waals surface area contributed by atoms with E-state index in [1.165, 1.54) is 7.11 Å². The van der Waals surface area contributed by atoms with Crippen molar-refractivity contribution in [3.05, 3.63) is 23.4 Å². The van der Waals surface area contributed by atoms with Gasteiger partial charge >= 0.3 is 11.9 Å². The zero-order chi connectivity index (χ0) is 14.0. The molecule has 0 saturated heterocycles. The van der Waals surface area contributed by atoms with Crippen LogP contribution in [0.2, 0.25) is 0 Å². The Morgan fingerprint density at radius 1 is 1.47 bits per heavy atom. The van der Waals surface area contributed by atoms with Crippen LogP contribution in [0.25, 0.3) is 0 Å². The quantitative estimate of drug-likeness (QED) is 0.806. The highest BCUT2D eigenvalue weighted by atomic mass is 16.5. The van der Waals surface area contributed by atoms with Gasteiger partial charge in [-0.3, -0.25) is 4.79 Å². The number of hydrogen-bond acceptors (Lipinski definition) is 5. The summed E-state index contributed by atoms with van der Waals surface area (Å²) in [6, 6.07) is 3.54. The molecule has 0 atom stereocenters. The van der Waals surface area contributed by atoms with Crippen molar-refractivity contribution in [1.29, 1.82) is 0 Å². The fourth-order valence-electron chi connectivity index (χ4n) is 1.96. The second-order valence-electron chi connectivity index (χ2n) is 4.55. The highest BCUT2D eigenvalue weighted by molar-refractivity contribution is 5.90. The van der Waals surface area contributed by atoms with Crippen molar-refractivity contribution >= 4 is 17.8 Å². The minimum absolute atomic E-state index is 0.0747. The Labute approximate surface area is 111 Å². The van der Waals surface area contributed by atoms with Gasteiger partial charge in [-0.15, -0.1) is 0 Å². The monoisotopic (exact) mass is 264 g/mol. The van der Waals surface area contributed by atoms with Crippen LogP contribution in [0.4, 0.5) is 5.82 Å². The third-order valence-electron chi connectivity index (χ3n) is 3.06. The molecule has 1 aromatic rings. The van der Waals surface area contributed by atoms with Crippen molar-refractivity contribution in [2.75, 3.05) is 18.6 Å². The minimum atomic E-state index is -0.886. The van der Waals surface area contributed by atoms with Crippen LogP contribution in [-0.2, 0) is 9.53 Å². The number of ether oxygens (including phenoxy) is 1. The number of anilines is 1. The number of aryl methyl sites for hydroxylation is 1. The Hall–Kier alpha value is -2.11. The van der Waals surface area contributed by atoms with E-state index in [0.29, 0.717) is 17.1 Å². The Morgan fingerprint density at radius 2 is 2.16 bits per heavy atom. The van der Waals surface area contributed by atoms with Crippen LogP contribution >= 0.6 is 0 Å². The van der Waals surface area contributed by atoms with Gasteiger partial charge in [0.25, 0.3) is 0 Å². The molecule has 1 aliphatic rings. The third-order valence-corrected chi connectivity index (χ3v) is 3.06. The Kier molecular flexibility index (Phi) is 3.69. The van der Waals surface area contributed by atoms with Crippen molar-refractivity contribution in [3.8, 4) is 0 Å². The molecule has 0 radical (unpaired) electrons. The molecule has 6 heteroatoms. The van der Waals surface area contributed by atoms with Gasteiger partial charge in [-0.25, -0.2) is 9.78 Å². The number of esters is 1. The number of nitrogens with zero attached hydrogens (tertiary/aromatic N) is 2. The lowest BCUT2D eigenvalue weighted by molar-refractivity contribution is -0.135. The minimum Gasteiger partial charge on any atom is -0.480 e. The third kappa shape index (κ3) is 3.01. The summed E-state index contributed by atoms with van der Waals surface area (Å²) in [4.78, 5) is 28.4. The topological polar surface area (TPSA) is 79.7 Å². The predicted molar refractivity (Wildman–Crippen MR) is 68.3 cm³/mol. The molecule has 0 unspecified atom stereocenters. The van der Waals surface area contributed by atoms with Crippen molar-refractivity contribution in [1.82, 2.24) is 4.98 Å². The number of carboxylic acids is 1. The Balaban J connectivity index is 2.26. The molecule has 2 rings (SSSR count). The molecule has 0 aliphatic heterocycles. The number of carbonyl (C=O) groups is 2. The van der Waals surface area contributed by atoms with Crippen molar-refractivity contribution in [2.24, 2.45) is 0 Å². The smallest absolute Gasteiger partial charge is 0.339 e. The molecule has 0 amide bonds. The first kappa shape index (κ1) is 13.3. The Bertz CT molecular complexity index is 511. The van der Waals surface area contributed by atoms with E-state index in [1.807, 2.05) is 0 Å². The van der Waals surface area contributed by atoms with E-state index in [4.69, 9.17) is 5.11 Å². The van der Waals surface area contributed by atoms with Gasteiger partial charge in [0, 0.05) is 6.04 Å². The molecular formula is C13H16N2O4. The van der Waals surface area contributed by atoms with Crippen LogP contribution in [-0.4, -0.2) is 41.7 Å². The average Bonchev–Trinajstić information content (AvgIpc) is 3.19. The standard InChI is InChI=1S/C13H16N2O4/c1-8-10(13(18)19-2)5-6-11(14-8)15(7-12(16)17)9-3-4-9/h5-6,9H,3-4,7H2,1-2H3,(H,16,17). The van der Waals surface area contributed by atoms with Gasteiger partial charge in [0.1, 0.15) is 12.4 Å². The lowest BCUT2D eigenvalue weighted by atomic mass is 10.2. The number of methoxy groups -OCH3 is 1. The first-order valence-corrected chi connectivity index (χ1v) is 6.07. The molecule has 102 valence electrons. The first-order valence-electron chi connectivity index (χ1n) is 6.07. The maximum Gasteiger partial charge on any atom is 0.339 e. The largest absolute Gasteiger partial charge is 0.480 e. The molecule has 6 nitrogen and oxygen atoms in total. The van der Waals surface area contributed by atoms with Crippen molar-refractivity contribution in [3.63, 3.8) is 0 Å². The summed E-state index contributed by atoms with van der Waals surface area (Å²) in [5.74, 6) is -0.730. The first-order chi connectivity index (χ1) is 9.02. The van der Waals surface area contributed by atoms with Gasteiger partial charge in [0.2, 0.25) is 0 Å². The fraction of sp³-hybridized carbons (Fsp3) is 0.462. The van der Waals surface area contributed by atoms with E-state index >= 15 is 0 Å². The van der Waals surface area contributed by atoms with Crippen LogP contribution in [0.3, 0.4) is 0 Å². The van der Waals surface area contributed by atoms with Crippen LogP contribution in [0, 0.1) is 6.92 Å². The van der Waals surface area contributed by atoms with Crippen molar-refractivity contribution < 1.29 is 19.4 Å². The molecule has 1 aromatic heterocycles. The van der Waals surface area contributed by atoms with Gasteiger partial charge in [-0.2, -0.15) is 0 Å². The number of hydrogen-bond donors (Lipinski definition) is 1. The summed E-state index contributed by atoms with van der Waals surface area (Å²) < 4.78 is 4.66. The summed E-state index contributed by atoms with van der Waals surface area (Å²) in [6.07, 6.45) is 1.96. The van der Waals surface area contributed by atoms with Crippen molar-refractivity contribution in [2.45, 2.75) is 25.8 Å². The number of rotatable bonds is 5. The number of aliphatic carboxylic acids is 1. The zero-order valence-electron chi connectivity index (χ0n) is 10.9. The predicted octanol–water partition coefficient (Wildman–Crippen LogP) is 1.23. The number of carboxylic acid groups (broad SMARTS) is 1. The Morgan fingerprint density at radius 3 is 2.63 bits per heavy atom. The molecule has 1 saturated carbocycles. The summed E-state index contributed by atoms with van der Waals surface area (Å²) in [7, 11) is 1.32. The zero-order valence-corrected chi connectivity index (χ0v) is 10.9. The van der Waals surface area contributed by atoms with Crippen LogP contribution in [0.1, 0.15) is 28.9 Å². The molecule has 0 bridgehead atoms. The fourth-order valence-corrected chi connectivity index (χ4v) is 1.96. The van der Waals surface area contributed by atoms with Crippen LogP contribution in [0.5, 0.6) is 0 Å². The lowest BCUT2D eigenvalue weighted by Crippen LogP contribution is -2.32. The molecule has 19 heavy (non-hydrogen) atoms. The lowest BCUT2D eigenvalue weighted by Gasteiger charge is -2.22. The summed E-state index contributed by atoms with van der Waals surface area (Å²) in [5.41, 5.74) is 0.942. The number of carbonyl (C=O) groups excluding carboxylic acids is 1. The highest BCUT2D eigenvalue weighted by Gasteiger charge is 2.31. The summed E-state index contributed by atoms with van der Waals surface area (Å²) in [6.45, 7) is 1.64. The maximum absolute atomic E-state index is 11.5. The summed E-state index contributed by atoms with van der Waals surface area (Å²) >= 11 is 0. The second-order valence-corrected chi connectivity index (χ2v) is 4.55. The summed E-state index contributed by atoms with van der Waals surface area (Å²) in [5, 5.41) is 8.93. The molecular weight excluding hydrogens is 248 g/mol. The van der Waals surface area contributed by atoms with Crippen LogP contribution in [0.15, 0.2) is 12.1 Å². The normalized spacial score (nSPS) is 14.0. The average molecular weight is 264 g/mol. The molecule has 0 spiro atoms. The van der Waals surface area contributed by atoms with Gasteiger partial charge in [-0.1, -0.05) is 0 Å². The number of pyridine rings is 1. The van der Waals surface area contributed by atoms with E-state index in [-0.39, 0.29) is 12.6 Å². The van der Waals surface area contributed by atoms with Gasteiger partial charge in [-0.05, 0) is 31.9 Å². The second kappa shape index (κ2) is 5.26. The maximum atomic E-state index is 11.5. The van der Waals surface area contributed by atoms with Crippen LogP contribution < -0.4 is 4.90 Å². The van der Waals surface area contributed by atoms with E-state index < -0.39 is 11.9 Å². The molecule has 0 aromatic carbocycles. The van der Waals surface area contributed by atoms with E-state index in [1.54, 1.807) is 24.0 Å². The molecule has 1 heterocycles. The SMILES string of the molecule is COC(=O)c1ccc(N(CC(=O)O)C2CC2)nc1C. The van der Waals surface area contributed by atoms with Gasteiger partial charge in [0.15, 0.2) is 0 Å². The highest BCUT2D eigenvalue weighted by Crippen LogP contribution is 2.30. The van der Waals surface area contributed by atoms with E-state index in [2.05, 4.69) is 9.72 Å².